The Balaban J connectivity index is 1.75. The fourth-order valence-corrected chi connectivity index (χ4v) is 4.33. The van der Waals surface area contributed by atoms with Gasteiger partial charge in [-0.1, -0.05) is 11.8 Å². The molecule has 0 bridgehead atoms. The minimum atomic E-state index is -1.02. The van der Waals surface area contributed by atoms with Crippen molar-refractivity contribution in [2.24, 2.45) is 7.05 Å². The number of rotatable bonds is 8. The first kappa shape index (κ1) is 20.3. The van der Waals surface area contributed by atoms with E-state index in [1.54, 1.807) is 17.8 Å². The molecule has 1 atom stereocenters. The van der Waals surface area contributed by atoms with Gasteiger partial charge in [-0.25, -0.2) is 4.98 Å². The highest BCUT2D eigenvalue weighted by molar-refractivity contribution is 7.99. The Morgan fingerprint density at radius 2 is 2.14 bits per heavy atom. The summed E-state index contributed by atoms with van der Waals surface area (Å²) in [7, 11) is 1.82. The Hall–Kier alpha value is -2.46. The number of aryl methyl sites for hydroxylation is 2. The molecule has 3 aromatic rings. The monoisotopic (exact) mass is 420 g/mol. The molecule has 3 aromatic heterocycles. The number of carbonyl (C=O) groups is 2. The number of hydrogen-bond acceptors (Lipinski definition) is 9. The van der Waals surface area contributed by atoms with E-state index in [2.05, 4.69) is 15.2 Å². The molecule has 0 saturated carbocycles. The molecule has 0 aromatic carbocycles. The fraction of sp³-hybridized carbons (Fsp3) is 0.389. The van der Waals surface area contributed by atoms with E-state index in [9.17, 15) is 9.59 Å². The lowest BCUT2D eigenvalue weighted by molar-refractivity contribution is -0.147. The van der Waals surface area contributed by atoms with Gasteiger partial charge in [0.15, 0.2) is 22.7 Å². The second-order valence-corrected chi connectivity index (χ2v) is 7.86. The van der Waals surface area contributed by atoms with Crippen LogP contribution in [0.5, 0.6) is 0 Å². The maximum atomic E-state index is 12.8. The van der Waals surface area contributed by atoms with Crippen molar-refractivity contribution in [2.45, 2.75) is 31.8 Å². The molecule has 148 valence electrons. The summed E-state index contributed by atoms with van der Waals surface area (Å²) in [5.41, 5.74) is 1.61. The third-order valence-electron chi connectivity index (χ3n) is 4.01. The average Bonchev–Trinajstić information content (AvgIpc) is 3.35. The molecule has 3 heterocycles. The summed E-state index contributed by atoms with van der Waals surface area (Å²) in [5, 5.41) is 11.2. The van der Waals surface area contributed by atoms with Crippen LogP contribution in [0.15, 0.2) is 27.3 Å². The van der Waals surface area contributed by atoms with Crippen molar-refractivity contribution in [2.75, 3.05) is 12.4 Å². The van der Waals surface area contributed by atoms with Gasteiger partial charge in [0.25, 0.3) is 0 Å². The minimum absolute atomic E-state index is 0.0540. The molecule has 0 spiro atoms. The first-order chi connectivity index (χ1) is 13.4. The zero-order valence-electron chi connectivity index (χ0n) is 16.0. The molecule has 3 rings (SSSR count). The van der Waals surface area contributed by atoms with E-state index in [0.29, 0.717) is 16.0 Å². The Morgan fingerprint density at radius 1 is 1.36 bits per heavy atom. The molecular formula is C18H20N4O4S2. The standard InChI is InChI=1S/C18H20N4O4S2/c1-5-25-17(24)14(16-19-10(2)8-27-16)13(23)9-28-18-21-20-15(22(18)4)12-6-7-26-11(12)3/h6-8,14H,5,9H2,1-4H3/t14-/m1/s1. The van der Waals surface area contributed by atoms with Crippen molar-refractivity contribution in [3.63, 3.8) is 0 Å². The summed E-state index contributed by atoms with van der Waals surface area (Å²) in [5.74, 6) is -0.423. The van der Waals surface area contributed by atoms with Crippen LogP contribution in [-0.2, 0) is 21.4 Å². The second kappa shape index (κ2) is 8.70. The van der Waals surface area contributed by atoms with E-state index >= 15 is 0 Å². The number of nitrogens with zero attached hydrogens (tertiary/aromatic N) is 4. The minimum Gasteiger partial charge on any atom is -0.469 e. The predicted octanol–water partition coefficient (Wildman–Crippen LogP) is 3.16. The lowest BCUT2D eigenvalue weighted by Gasteiger charge is -2.12. The van der Waals surface area contributed by atoms with Crippen LogP contribution in [-0.4, -0.2) is 43.9 Å². The number of ether oxygens (including phenoxy) is 1. The van der Waals surface area contributed by atoms with Crippen LogP contribution in [0.1, 0.15) is 29.3 Å². The Bertz CT molecular complexity index is 992. The summed E-state index contributed by atoms with van der Waals surface area (Å²) < 4.78 is 12.2. The van der Waals surface area contributed by atoms with Crippen molar-refractivity contribution >= 4 is 34.9 Å². The zero-order chi connectivity index (χ0) is 20.3. The van der Waals surface area contributed by atoms with Gasteiger partial charge in [0, 0.05) is 18.1 Å². The Labute approximate surface area is 170 Å². The predicted molar refractivity (Wildman–Crippen MR) is 105 cm³/mol. The van der Waals surface area contributed by atoms with E-state index in [4.69, 9.17) is 9.15 Å². The third-order valence-corrected chi connectivity index (χ3v) is 6.08. The highest BCUT2D eigenvalue weighted by Crippen LogP contribution is 2.28. The van der Waals surface area contributed by atoms with Crippen molar-refractivity contribution < 1.29 is 18.7 Å². The van der Waals surface area contributed by atoms with Crippen LogP contribution in [0, 0.1) is 13.8 Å². The zero-order valence-corrected chi connectivity index (χ0v) is 17.6. The Morgan fingerprint density at radius 3 is 2.75 bits per heavy atom. The number of Topliss-reactive ketones (excluding diaryl/α,β-unsaturated/α-hetero) is 1. The van der Waals surface area contributed by atoms with Gasteiger partial charge in [0.05, 0.1) is 24.2 Å². The smallest absolute Gasteiger partial charge is 0.323 e. The van der Waals surface area contributed by atoms with Gasteiger partial charge >= 0.3 is 5.97 Å². The summed E-state index contributed by atoms with van der Waals surface area (Å²) >= 11 is 2.51. The number of furan rings is 1. The van der Waals surface area contributed by atoms with Crippen LogP contribution in [0.25, 0.3) is 11.4 Å². The van der Waals surface area contributed by atoms with Crippen molar-refractivity contribution in [1.82, 2.24) is 19.7 Å². The number of hydrogen-bond donors (Lipinski definition) is 0. The van der Waals surface area contributed by atoms with Gasteiger partial charge in [0.1, 0.15) is 10.8 Å². The average molecular weight is 421 g/mol. The lowest BCUT2D eigenvalue weighted by Crippen LogP contribution is -2.25. The molecule has 28 heavy (non-hydrogen) atoms. The highest BCUT2D eigenvalue weighted by Gasteiger charge is 2.32. The molecule has 0 saturated heterocycles. The molecule has 8 nitrogen and oxygen atoms in total. The highest BCUT2D eigenvalue weighted by atomic mass is 32.2. The summed E-state index contributed by atoms with van der Waals surface area (Å²) in [6, 6.07) is 1.82. The molecule has 0 amide bonds. The maximum absolute atomic E-state index is 12.8. The molecule has 10 heteroatoms. The molecular weight excluding hydrogens is 400 g/mol. The summed E-state index contributed by atoms with van der Waals surface area (Å²) in [4.78, 5) is 29.5. The SMILES string of the molecule is CCOC(=O)[C@H](C(=O)CSc1nnc(-c2ccoc2C)n1C)c1nc(C)cs1. The Kier molecular flexibility index (Phi) is 6.30. The number of aromatic nitrogens is 4. The molecule has 0 radical (unpaired) electrons. The molecule has 0 N–H and O–H groups in total. The number of esters is 1. The number of thioether (sulfide) groups is 1. The van der Waals surface area contributed by atoms with Gasteiger partial charge in [-0.3, -0.25) is 9.59 Å². The largest absolute Gasteiger partial charge is 0.469 e. The molecule has 0 aliphatic rings. The van der Waals surface area contributed by atoms with Gasteiger partial charge in [-0.15, -0.1) is 21.5 Å². The van der Waals surface area contributed by atoms with Crippen LogP contribution in [0.2, 0.25) is 0 Å². The number of ketones is 1. The van der Waals surface area contributed by atoms with E-state index in [0.717, 1.165) is 17.0 Å². The van der Waals surface area contributed by atoms with Crippen LogP contribution < -0.4 is 0 Å². The van der Waals surface area contributed by atoms with Crippen molar-refractivity contribution in [3.8, 4) is 11.4 Å². The maximum Gasteiger partial charge on any atom is 0.323 e. The molecule has 0 aliphatic carbocycles. The van der Waals surface area contributed by atoms with E-state index in [1.165, 1.54) is 23.1 Å². The second-order valence-electron chi connectivity index (χ2n) is 6.02. The number of thiazole rings is 1. The van der Waals surface area contributed by atoms with Gasteiger partial charge in [-0.2, -0.15) is 0 Å². The molecule has 0 unspecified atom stereocenters. The van der Waals surface area contributed by atoms with Crippen LogP contribution >= 0.6 is 23.1 Å². The van der Waals surface area contributed by atoms with Crippen LogP contribution in [0.4, 0.5) is 0 Å². The van der Waals surface area contributed by atoms with E-state index in [1.807, 2.05) is 32.3 Å². The van der Waals surface area contributed by atoms with Crippen molar-refractivity contribution in [1.29, 1.82) is 0 Å². The first-order valence-electron chi connectivity index (χ1n) is 8.60. The summed E-state index contributed by atoms with van der Waals surface area (Å²) in [6.45, 7) is 5.58. The third kappa shape index (κ3) is 4.17. The van der Waals surface area contributed by atoms with Gasteiger partial charge < -0.3 is 13.7 Å². The number of carbonyl (C=O) groups excluding carboxylic acids is 2. The van der Waals surface area contributed by atoms with E-state index in [-0.39, 0.29) is 18.1 Å². The first-order valence-corrected chi connectivity index (χ1v) is 10.5. The van der Waals surface area contributed by atoms with Crippen LogP contribution in [0.3, 0.4) is 0 Å². The quantitative estimate of drug-likeness (QED) is 0.311. The molecule has 0 aliphatic heterocycles. The normalized spacial score (nSPS) is 12.1. The topological polar surface area (TPSA) is 100 Å². The van der Waals surface area contributed by atoms with Crippen molar-refractivity contribution in [3.05, 3.63) is 34.2 Å². The fourth-order valence-electron chi connectivity index (χ4n) is 2.61. The molecule has 0 fully saturated rings. The van der Waals surface area contributed by atoms with Gasteiger partial charge in [-0.05, 0) is 26.8 Å². The van der Waals surface area contributed by atoms with Gasteiger partial charge in [0.2, 0.25) is 0 Å². The lowest BCUT2D eigenvalue weighted by atomic mass is 10.1. The van der Waals surface area contributed by atoms with E-state index < -0.39 is 11.9 Å². The summed E-state index contributed by atoms with van der Waals surface area (Å²) in [6.07, 6.45) is 1.59.